The summed E-state index contributed by atoms with van der Waals surface area (Å²) in [5.74, 6) is 3.44. The van der Waals surface area contributed by atoms with Crippen molar-refractivity contribution in [1.29, 1.82) is 0 Å². The predicted octanol–water partition coefficient (Wildman–Crippen LogP) is 4.57. The Morgan fingerprint density at radius 3 is 2.71 bits per heavy atom. The summed E-state index contributed by atoms with van der Waals surface area (Å²) in [6, 6.07) is 0. The molecule has 0 N–H and O–H groups in total. The lowest BCUT2D eigenvalue weighted by atomic mass is 9.46. The second-order valence-electron chi connectivity index (χ2n) is 10.7. The molecule has 150 valence electrons. The zero-order chi connectivity index (χ0) is 19.5. The molecule has 28 heavy (non-hydrogen) atoms. The van der Waals surface area contributed by atoms with Crippen LogP contribution in [0.2, 0.25) is 0 Å². The number of thioether (sulfide) groups is 1. The molecular formula is C24H30O3S. The molecule has 4 saturated carbocycles. The first-order valence-electron chi connectivity index (χ1n) is 11.0. The highest BCUT2D eigenvalue weighted by molar-refractivity contribution is 7.99. The first-order valence-corrected chi connectivity index (χ1v) is 12.3. The van der Waals surface area contributed by atoms with Gasteiger partial charge in [0, 0.05) is 28.4 Å². The molecule has 1 heterocycles. The van der Waals surface area contributed by atoms with Crippen molar-refractivity contribution >= 4 is 23.5 Å². The van der Waals surface area contributed by atoms with Gasteiger partial charge in [-0.15, -0.1) is 0 Å². The maximum atomic E-state index is 12.2. The van der Waals surface area contributed by atoms with Crippen LogP contribution in [0.5, 0.6) is 0 Å². The minimum absolute atomic E-state index is 0.0264. The van der Waals surface area contributed by atoms with E-state index in [-0.39, 0.29) is 28.2 Å². The summed E-state index contributed by atoms with van der Waals surface area (Å²) in [5.41, 5.74) is 1.34. The molecule has 0 unspecified atom stereocenters. The van der Waals surface area contributed by atoms with Crippen LogP contribution >= 0.6 is 11.8 Å². The highest BCUT2D eigenvalue weighted by atomic mass is 32.2. The minimum atomic E-state index is -0.178. The van der Waals surface area contributed by atoms with Gasteiger partial charge in [-0.25, -0.2) is 0 Å². The number of carbonyl (C=O) groups excluding carboxylic acids is 2. The van der Waals surface area contributed by atoms with E-state index in [1.807, 2.05) is 23.9 Å². The first-order chi connectivity index (χ1) is 13.3. The molecular weight excluding hydrogens is 368 g/mol. The Hall–Kier alpha value is -1.03. The fraction of sp³-hybridized carbons (Fsp3) is 0.750. The van der Waals surface area contributed by atoms with Crippen LogP contribution in [0.4, 0.5) is 0 Å². The van der Waals surface area contributed by atoms with E-state index in [4.69, 9.17) is 4.74 Å². The smallest absolute Gasteiger partial charge is 0.306 e. The summed E-state index contributed by atoms with van der Waals surface area (Å²) < 4.78 is 6.21. The molecule has 5 fully saturated rings. The van der Waals surface area contributed by atoms with Gasteiger partial charge in [-0.1, -0.05) is 25.5 Å². The first kappa shape index (κ1) is 17.8. The molecule has 3 nitrogen and oxygen atoms in total. The van der Waals surface area contributed by atoms with Crippen molar-refractivity contribution in [2.45, 2.75) is 63.2 Å². The highest BCUT2D eigenvalue weighted by Crippen LogP contribution is 2.79. The lowest BCUT2D eigenvalue weighted by Crippen LogP contribution is -2.59. The van der Waals surface area contributed by atoms with Crippen molar-refractivity contribution in [3.63, 3.8) is 0 Å². The summed E-state index contributed by atoms with van der Waals surface area (Å²) in [5, 5.41) is 0.571. The molecule has 6 aliphatic rings. The van der Waals surface area contributed by atoms with Gasteiger partial charge < -0.3 is 4.74 Å². The van der Waals surface area contributed by atoms with Gasteiger partial charge >= 0.3 is 5.97 Å². The number of ether oxygens (including phenoxy) is 1. The van der Waals surface area contributed by atoms with Crippen LogP contribution in [0.25, 0.3) is 0 Å². The molecule has 1 spiro atoms. The Kier molecular flexibility index (Phi) is 3.41. The van der Waals surface area contributed by atoms with Gasteiger partial charge in [-0.05, 0) is 74.2 Å². The number of hydrogen-bond donors (Lipinski definition) is 0. The second-order valence-corrected chi connectivity index (χ2v) is 11.8. The van der Waals surface area contributed by atoms with Gasteiger partial charge in [0.05, 0.1) is 0 Å². The van der Waals surface area contributed by atoms with E-state index in [0.717, 1.165) is 25.2 Å². The third-order valence-electron chi connectivity index (χ3n) is 9.98. The van der Waals surface area contributed by atoms with E-state index in [1.165, 1.54) is 18.4 Å². The SMILES string of the molecule is CS[C@@H]1CC2=CC(=O)C=C[C@]2(C)[C@H]2CC[C@@]3(C)[C@@H]([C@@H]4C[C@@H]4[C@@]34CCC(=O)O4)[C@H]12. The standard InChI is InChI=1S/C24H30O3S/c1-22-7-4-14(25)10-13(22)11-18(28-3)20-16(22)5-8-23(2)21(20)15-12-17(15)24(23)9-6-19(26)27-24/h4,7,10,15-18,20-21H,5-6,8-9,11-12H2,1-3H3/t15-,16+,17+,18-,20+,21+,22+,23+,24+/m1/s1. The van der Waals surface area contributed by atoms with Crippen LogP contribution in [0, 0.1) is 40.4 Å². The Balaban J connectivity index is 1.45. The molecule has 5 aliphatic carbocycles. The second kappa shape index (κ2) is 5.36. The highest BCUT2D eigenvalue weighted by Gasteiger charge is 2.79. The van der Waals surface area contributed by atoms with Crippen LogP contribution in [0.15, 0.2) is 23.8 Å². The quantitative estimate of drug-likeness (QED) is 0.607. The van der Waals surface area contributed by atoms with Crippen LogP contribution in [0.3, 0.4) is 0 Å². The number of fused-ring (bicyclic) bond motifs is 9. The molecule has 0 radical (unpaired) electrons. The van der Waals surface area contributed by atoms with Gasteiger partial charge in [-0.3, -0.25) is 9.59 Å². The van der Waals surface area contributed by atoms with Gasteiger partial charge in [-0.2, -0.15) is 11.8 Å². The average molecular weight is 399 g/mol. The largest absolute Gasteiger partial charge is 0.458 e. The van der Waals surface area contributed by atoms with E-state index in [9.17, 15) is 9.59 Å². The van der Waals surface area contributed by atoms with E-state index in [0.29, 0.717) is 35.3 Å². The number of carbonyl (C=O) groups is 2. The molecule has 0 amide bonds. The minimum Gasteiger partial charge on any atom is -0.458 e. The molecule has 0 aromatic carbocycles. The third-order valence-corrected chi connectivity index (χ3v) is 11.1. The number of ketones is 1. The third kappa shape index (κ3) is 1.90. The van der Waals surface area contributed by atoms with Gasteiger partial charge in [0.1, 0.15) is 5.60 Å². The number of rotatable bonds is 1. The topological polar surface area (TPSA) is 43.4 Å². The lowest BCUT2D eigenvalue weighted by Gasteiger charge is -2.61. The number of esters is 1. The van der Waals surface area contributed by atoms with Crippen LogP contribution < -0.4 is 0 Å². The van der Waals surface area contributed by atoms with E-state index in [2.05, 4.69) is 26.2 Å². The molecule has 1 saturated heterocycles. The summed E-state index contributed by atoms with van der Waals surface area (Å²) in [4.78, 5) is 24.3. The van der Waals surface area contributed by atoms with Gasteiger partial charge in [0.25, 0.3) is 0 Å². The Bertz CT molecular complexity index is 845. The van der Waals surface area contributed by atoms with Crippen molar-refractivity contribution in [1.82, 2.24) is 0 Å². The maximum absolute atomic E-state index is 12.2. The monoisotopic (exact) mass is 398 g/mol. The van der Waals surface area contributed by atoms with Gasteiger partial charge in [0.15, 0.2) is 5.78 Å². The van der Waals surface area contributed by atoms with E-state index < -0.39 is 0 Å². The maximum Gasteiger partial charge on any atom is 0.306 e. The van der Waals surface area contributed by atoms with Crippen LogP contribution in [0.1, 0.15) is 52.4 Å². The summed E-state index contributed by atoms with van der Waals surface area (Å²) >= 11 is 2.00. The molecule has 0 bridgehead atoms. The molecule has 4 heteroatoms. The summed E-state index contributed by atoms with van der Waals surface area (Å²) in [6.45, 7) is 4.84. The number of allylic oxidation sites excluding steroid dienone is 4. The van der Waals surface area contributed by atoms with Crippen molar-refractivity contribution in [3.8, 4) is 0 Å². The summed E-state index contributed by atoms with van der Waals surface area (Å²) in [7, 11) is 0. The molecule has 6 rings (SSSR count). The van der Waals surface area contributed by atoms with Crippen molar-refractivity contribution < 1.29 is 14.3 Å². The molecule has 9 atom stereocenters. The number of hydrogen-bond acceptors (Lipinski definition) is 4. The fourth-order valence-electron chi connectivity index (χ4n) is 8.73. The molecule has 1 aliphatic heterocycles. The van der Waals surface area contributed by atoms with Crippen LogP contribution in [-0.2, 0) is 14.3 Å². The summed E-state index contributed by atoms with van der Waals surface area (Å²) in [6.07, 6.45) is 14.4. The Labute approximate surface area is 171 Å². The molecule has 0 aromatic rings. The average Bonchev–Trinajstić information content (AvgIpc) is 3.30. The van der Waals surface area contributed by atoms with Crippen molar-refractivity contribution in [2.75, 3.05) is 6.26 Å². The van der Waals surface area contributed by atoms with Crippen molar-refractivity contribution in [2.24, 2.45) is 40.4 Å². The Morgan fingerprint density at radius 1 is 1.18 bits per heavy atom. The lowest BCUT2D eigenvalue weighted by molar-refractivity contribution is -0.174. The zero-order valence-electron chi connectivity index (χ0n) is 17.1. The normalized spacial score (nSPS) is 55.9. The van der Waals surface area contributed by atoms with Crippen molar-refractivity contribution in [3.05, 3.63) is 23.8 Å². The van der Waals surface area contributed by atoms with Crippen LogP contribution in [-0.4, -0.2) is 28.9 Å². The predicted molar refractivity (Wildman–Crippen MR) is 110 cm³/mol. The van der Waals surface area contributed by atoms with Gasteiger partial charge in [0.2, 0.25) is 0 Å². The zero-order valence-corrected chi connectivity index (χ0v) is 17.9. The Morgan fingerprint density at radius 2 is 2.00 bits per heavy atom. The molecule has 0 aromatic heterocycles. The van der Waals surface area contributed by atoms with E-state index >= 15 is 0 Å². The fourth-order valence-corrected chi connectivity index (χ4v) is 9.75. The van der Waals surface area contributed by atoms with E-state index in [1.54, 1.807) is 0 Å².